The quantitative estimate of drug-likeness (QED) is 0.794. The first kappa shape index (κ1) is 14.9. The molecule has 1 aliphatic rings. The van der Waals surface area contributed by atoms with Crippen LogP contribution in [-0.4, -0.2) is 56.1 Å². The van der Waals surface area contributed by atoms with Crippen molar-refractivity contribution < 1.29 is 0 Å². The van der Waals surface area contributed by atoms with Gasteiger partial charge in [0.2, 0.25) is 0 Å². The number of likely N-dealkylation sites (N-methyl/N-ethyl adjacent to an activating group) is 1. The molecule has 0 aromatic carbocycles. The van der Waals surface area contributed by atoms with Gasteiger partial charge in [0.15, 0.2) is 0 Å². The topological polar surface area (TPSA) is 32.5 Å². The van der Waals surface area contributed by atoms with Crippen molar-refractivity contribution in [2.45, 2.75) is 39.7 Å². The molecule has 0 saturated carbocycles. The van der Waals surface area contributed by atoms with Crippen LogP contribution in [0.15, 0.2) is 0 Å². The predicted molar refractivity (Wildman–Crippen MR) is 75.1 cm³/mol. The lowest BCUT2D eigenvalue weighted by atomic mass is 9.87. The SMILES string of the molecule is CN1CCC(CN(C)C(CN)CC(C)(C)C)C1. The standard InChI is InChI=1S/C14H31N3/c1-14(2,3)8-13(9-15)17(5)11-12-6-7-16(4)10-12/h12-13H,6-11,15H2,1-5H3. The molecule has 1 heterocycles. The Morgan fingerprint density at radius 1 is 1.41 bits per heavy atom. The summed E-state index contributed by atoms with van der Waals surface area (Å²) in [6.45, 7) is 11.4. The monoisotopic (exact) mass is 241 g/mol. The smallest absolute Gasteiger partial charge is 0.0220 e. The molecule has 0 radical (unpaired) electrons. The Balaban J connectivity index is 2.40. The molecular formula is C14H31N3. The molecule has 17 heavy (non-hydrogen) atoms. The average Bonchev–Trinajstić information content (AvgIpc) is 2.59. The lowest BCUT2D eigenvalue weighted by molar-refractivity contribution is 0.162. The van der Waals surface area contributed by atoms with E-state index in [4.69, 9.17) is 5.73 Å². The zero-order valence-electron chi connectivity index (χ0n) is 12.4. The van der Waals surface area contributed by atoms with Gasteiger partial charge in [-0.25, -0.2) is 0 Å². The molecule has 3 heteroatoms. The van der Waals surface area contributed by atoms with Crippen LogP contribution in [-0.2, 0) is 0 Å². The van der Waals surface area contributed by atoms with E-state index >= 15 is 0 Å². The van der Waals surface area contributed by atoms with E-state index in [1.165, 1.54) is 32.5 Å². The van der Waals surface area contributed by atoms with Gasteiger partial charge in [-0.15, -0.1) is 0 Å². The maximum absolute atomic E-state index is 5.93. The van der Waals surface area contributed by atoms with Gasteiger partial charge < -0.3 is 15.5 Å². The number of rotatable bonds is 5. The van der Waals surface area contributed by atoms with E-state index in [0.717, 1.165) is 12.5 Å². The average molecular weight is 241 g/mol. The third-order valence-corrected chi connectivity index (χ3v) is 3.78. The molecular weight excluding hydrogens is 210 g/mol. The van der Waals surface area contributed by atoms with Gasteiger partial charge in [0, 0.05) is 25.7 Å². The Kier molecular flexibility index (Phi) is 5.42. The normalized spacial score (nSPS) is 24.5. The first-order valence-corrected chi connectivity index (χ1v) is 6.90. The van der Waals surface area contributed by atoms with Gasteiger partial charge in [-0.2, -0.15) is 0 Å². The first-order valence-electron chi connectivity index (χ1n) is 6.90. The second-order valence-electron chi connectivity index (χ2n) is 7.01. The van der Waals surface area contributed by atoms with E-state index in [1.807, 2.05) is 0 Å². The van der Waals surface area contributed by atoms with Gasteiger partial charge in [0.25, 0.3) is 0 Å². The molecule has 0 amide bonds. The Morgan fingerprint density at radius 3 is 2.47 bits per heavy atom. The van der Waals surface area contributed by atoms with Gasteiger partial charge in [-0.1, -0.05) is 20.8 Å². The molecule has 1 saturated heterocycles. The fraction of sp³-hybridized carbons (Fsp3) is 1.00. The summed E-state index contributed by atoms with van der Waals surface area (Å²) in [5.41, 5.74) is 6.30. The van der Waals surface area contributed by atoms with Crippen LogP contribution in [0.4, 0.5) is 0 Å². The summed E-state index contributed by atoms with van der Waals surface area (Å²) in [6, 6.07) is 0.529. The van der Waals surface area contributed by atoms with Crippen molar-refractivity contribution in [2.75, 3.05) is 40.3 Å². The van der Waals surface area contributed by atoms with Gasteiger partial charge in [-0.05, 0) is 44.8 Å². The molecule has 102 valence electrons. The molecule has 1 fully saturated rings. The van der Waals surface area contributed by atoms with E-state index in [9.17, 15) is 0 Å². The summed E-state index contributed by atoms with van der Waals surface area (Å²) in [7, 11) is 4.46. The second-order valence-corrected chi connectivity index (χ2v) is 7.01. The third-order valence-electron chi connectivity index (χ3n) is 3.78. The zero-order chi connectivity index (χ0) is 13.1. The van der Waals surface area contributed by atoms with E-state index in [-0.39, 0.29) is 0 Å². The number of nitrogens with two attached hydrogens (primary N) is 1. The molecule has 0 spiro atoms. The number of hydrogen-bond acceptors (Lipinski definition) is 3. The van der Waals surface area contributed by atoms with Crippen LogP contribution in [0.1, 0.15) is 33.6 Å². The molecule has 0 aromatic rings. The summed E-state index contributed by atoms with van der Waals surface area (Å²) >= 11 is 0. The van der Waals surface area contributed by atoms with Crippen LogP contribution >= 0.6 is 0 Å². The molecule has 0 bridgehead atoms. The highest BCUT2D eigenvalue weighted by Crippen LogP contribution is 2.24. The van der Waals surface area contributed by atoms with Crippen LogP contribution in [0.3, 0.4) is 0 Å². The summed E-state index contributed by atoms with van der Waals surface area (Å²) in [6.07, 6.45) is 2.52. The number of nitrogens with zero attached hydrogens (tertiary/aromatic N) is 2. The molecule has 2 N–H and O–H groups in total. The van der Waals surface area contributed by atoms with Crippen LogP contribution in [0.5, 0.6) is 0 Å². The lowest BCUT2D eigenvalue weighted by Crippen LogP contribution is -2.43. The molecule has 0 aromatic heterocycles. The van der Waals surface area contributed by atoms with E-state index < -0.39 is 0 Å². The molecule has 1 aliphatic heterocycles. The van der Waals surface area contributed by atoms with E-state index in [1.54, 1.807) is 0 Å². The highest BCUT2D eigenvalue weighted by Gasteiger charge is 2.25. The minimum Gasteiger partial charge on any atom is -0.329 e. The Morgan fingerprint density at radius 2 is 2.06 bits per heavy atom. The van der Waals surface area contributed by atoms with Crippen LogP contribution < -0.4 is 5.73 Å². The lowest BCUT2D eigenvalue weighted by Gasteiger charge is -2.33. The maximum Gasteiger partial charge on any atom is 0.0220 e. The van der Waals surface area contributed by atoms with Crippen LogP contribution in [0.25, 0.3) is 0 Å². The minimum absolute atomic E-state index is 0.366. The molecule has 2 unspecified atom stereocenters. The van der Waals surface area contributed by atoms with E-state index in [0.29, 0.717) is 11.5 Å². The summed E-state index contributed by atoms with van der Waals surface area (Å²) in [4.78, 5) is 4.91. The highest BCUT2D eigenvalue weighted by atomic mass is 15.2. The highest BCUT2D eigenvalue weighted by molar-refractivity contribution is 4.81. The van der Waals surface area contributed by atoms with Crippen molar-refractivity contribution in [1.29, 1.82) is 0 Å². The largest absolute Gasteiger partial charge is 0.329 e. The van der Waals surface area contributed by atoms with Crippen molar-refractivity contribution in [3.05, 3.63) is 0 Å². The number of likely N-dealkylation sites (tertiary alicyclic amines) is 1. The molecule has 3 nitrogen and oxygen atoms in total. The summed E-state index contributed by atoms with van der Waals surface area (Å²) < 4.78 is 0. The third kappa shape index (κ3) is 5.36. The molecule has 0 aliphatic carbocycles. The number of hydrogen-bond donors (Lipinski definition) is 1. The first-order chi connectivity index (χ1) is 7.81. The maximum atomic E-state index is 5.93. The Labute approximate surface area is 107 Å². The van der Waals surface area contributed by atoms with Crippen molar-refractivity contribution in [3.63, 3.8) is 0 Å². The Hall–Kier alpha value is -0.120. The van der Waals surface area contributed by atoms with Crippen molar-refractivity contribution in [3.8, 4) is 0 Å². The van der Waals surface area contributed by atoms with Gasteiger partial charge in [-0.3, -0.25) is 0 Å². The van der Waals surface area contributed by atoms with Gasteiger partial charge in [0.05, 0.1) is 0 Å². The zero-order valence-corrected chi connectivity index (χ0v) is 12.4. The van der Waals surface area contributed by atoms with Gasteiger partial charge >= 0.3 is 0 Å². The molecule has 2 atom stereocenters. The van der Waals surface area contributed by atoms with E-state index in [2.05, 4.69) is 44.7 Å². The van der Waals surface area contributed by atoms with Crippen molar-refractivity contribution >= 4 is 0 Å². The fourth-order valence-corrected chi connectivity index (χ4v) is 2.86. The van der Waals surface area contributed by atoms with Crippen molar-refractivity contribution in [2.24, 2.45) is 17.1 Å². The van der Waals surface area contributed by atoms with Crippen LogP contribution in [0, 0.1) is 11.3 Å². The van der Waals surface area contributed by atoms with Crippen molar-refractivity contribution in [1.82, 2.24) is 9.80 Å². The van der Waals surface area contributed by atoms with Gasteiger partial charge in [0.1, 0.15) is 0 Å². The molecule has 1 rings (SSSR count). The minimum atomic E-state index is 0.366. The van der Waals surface area contributed by atoms with Crippen LogP contribution in [0.2, 0.25) is 0 Å². The summed E-state index contributed by atoms with van der Waals surface area (Å²) in [5.74, 6) is 0.832. The fourth-order valence-electron chi connectivity index (χ4n) is 2.86. The summed E-state index contributed by atoms with van der Waals surface area (Å²) in [5, 5.41) is 0. The predicted octanol–water partition coefficient (Wildman–Crippen LogP) is 1.63. The Bertz CT molecular complexity index is 222. The second kappa shape index (κ2) is 6.17.